The molecule has 0 spiro atoms. The maximum absolute atomic E-state index is 12.4. The zero-order valence-electron chi connectivity index (χ0n) is 14.1. The Kier molecular flexibility index (Phi) is 6.84. The van der Waals surface area contributed by atoms with Crippen LogP contribution in [0.3, 0.4) is 0 Å². The van der Waals surface area contributed by atoms with Gasteiger partial charge in [-0.1, -0.05) is 32.6 Å². The largest absolute Gasteiger partial charge is 0.444 e. The summed E-state index contributed by atoms with van der Waals surface area (Å²) in [6.45, 7) is 10.2. The number of amides is 1. The highest BCUT2D eigenvalue weighted by atomic mass is 16.6. The van der Waals surface area contributed by atoms with Gasteiger partial charge in [-0.2, -0.15) is 0 Å². The van der Waals surface area contributed by atoms with E-state index in [-0.39, 0.29) is 6.09 Å². The molecule has 20 heavy (non-hydrogen) atoms. The van der Waals surface area contributed by atoms with E-state index in [0.29, 0.717) is 12.1 Å². The fourth-order valence-electron chi connectivity index (χ4n) is 3.02. The van der Waals surface area contributed by atoms with Crippen LogP contribution in [-0.2, 0) is 4.74 Å². The average molecular weight is 283 g/mol. The Morgan fingerprint density at radius 2 is 1.90 bits per heavy atom. The fourth-order valence-corrected chi connectivity index (χ4v) is 3.02. The summed E-state index contributed by atoms with van der Waals surface area (Å²) < 4.78 is 5.59. The van der Waals surface area contributed by atoms with E-state index in [1.54, 1.807) is 0 Å². The van der Waals surface area contributed by atoms with Crippen LogP contribution in [0.5, 0.6) is 0 Å². The molecule has 0 N–H and O–H groups in total. The van der Waals surface area contributed by atoms with Crippen LogP contribution in [0.4, 0.5) is 4.79 Å². The van der Waals surface area contributed by atoms with Gasteiger partial charge in [0, 0.05) is 12.1 Å². The number of carbonyl (C=O) groups excluding carboxylic acids is 1. The Balaban J connectivity index is 2.58. The van der Waals surface area contributed by atoms with E-state index >= 15 is 0 Å². The number of carbonyl (C=O) groups is 1. The maximum Gasteiger partial charge on any atom is 0.410 e. The van der Waals surface area contributed by atoms with E-state index in [1.165, 1.54) is 32.1 Å². The predicted octanol–water partition coefficient (Wildman–Crippen LogP) is 5.13. The van der Waals surface area contributed by atoms with Crippen molar-refractivity contribution in [2.24, 2.45) is 0 Å². The molecule has 3 heteroatoms. The standard InChI is InChI=1S/C17H33NO2/c1-6-7-8-9-12-15-13-10-11-14(2)18(15)16(19)20-17(3,4)5/h14-15H,6-13H2,1-5H3/t14-,15-/m0/s1. The van der Waals surface area contributed by atoms with Crippen LogP contribution in [0.2, 0.25) is 0 Å². The Morgan fingerprint density at radius 3 is 2.50 bits per heavy atom. The third kappa shape index (κ3) is 5.72. The number of nitrogens with zero attached hydrogens (tertiary/aromatic N) is 1. The van der Waals surface area contributed by atoms with Gasteiger partial charge in [0.05, 0.1) is 0 Å². The Labute approximate surface area is 125 Å². The van der Waals surface area contributed by atoms with Crippen LogP contribution in [0.25, 0.3) is 0 Å². The minimum absolute atomic E-state index is 0.120. The second-order valence-electron chi connectivity index (χ2n) is 7.17. The SMILES string of the molecule is CCCCCC[C@H]1CCC[C@H](C)N1C(=O)OC(C)(C)C. The minimum atomic E-state index is -0.402. The Bertz CT molecular complexity index is 296. The average Bonchev–Trinajstić information content (AvgIpc) is 2.32. The van der Waals surface area contributed by atoms with Crippen LogP contribution in [0.1, 0.15) is 86.0 Å². The lowest BCUT2D eigenvalue weighted by Gasteiger charge is -2.41. The molecule has 1 rings (SSSR count). The molecule has 0 aromatic heterocycles. The molecule has 0 bridgehead atoms. The molecule has 3 nitrogen and oxygen atoms in total. The summed E-state index contributed by atoms with van der Waals surface area (Å²) in [5, 5.41) is 0. The highest BCUT2D eigenvalue weighted by molar-refractivity contribution is 5.69. The summed E-state index contributed by atoms with van der Waals surface area (Å²) in [6, 6.07) is 0.695. The zero-order valence-corrected chi connectivity index (χ0v) is 14.1. The lowest BCUT2D eigenvalue weighted by Crippen LogP contribution is -2.50. The molecular formula is C17H33NO2. The number of hydrogen-bond acceptors (Lipinski definition) is 2. The van der Waals surface area contributed by atoms with Crippen molar-refractivity contribution in [3.63, 3.8) is 0 Å². The van der Waals surface area contributed by atoms with Crippen molar-refractivity contribution < 1.29 is 9.53 Å². The van der Waals surface area contributed by atoms with Crippen molar-refractivity contribution in [3.05, 3.63) is 0 Å². The highest BCUT2D eigenvalue weighted by Crippen LogP contribution is 2.28. The van der Waals surface area contributed by atoms with Crippen molar-refractivity contribution in [1.29, 1.82) is 0 Å². The van der Waals surface area contributed by atoms with Gasteiger partial charge in [-0.15, -0.1) is 0 Å². The van der Waals surface area contributed by atoms with Gasteiger partial charge >= 0.3 is 6.09 Å². The van der Waals surface area contributed by atoms with Crippen LogP contribution < -0.4 is 0 Å². The summed E-state index contributed by atoms with van der Waals surface area (Å²) >= 11 is 0. The molecule has 118 valence electrons. The van der Waals surface area contributed by atoms with E-state index in [0.717, 1.165) is 19.3 Å². The van der Waals surface area contributed by atoms with E-state index in [2.05, 4.69) is 13.8 Å². The normalized spacial score (nSPS) is 23.8. The van der Waals surface area contributed by atoms with Crippen molar-refractivity contribution in [3.8, 4) is 0 Å². The summed E-state index contributed by atoms with van der Waals surface area (Å²) in [5.74, 6) is 0. The molecule has 1 saturated heterocycles. The van der Waals surface area contributed by atoms with Crippen molar-refractivity contribution in [2.75, 3.05) is 0 Å². The third-order valence-electron chi connectivity index (χ3n) is 4.02. The molecule has 1 amide bonds. The first kappa shape index (κ1) is 17.3. The summed E-state index contributed by atoms with van der Waals surface area (Å²) in [4.78, 5) is 14.4. The molecule has 0 aromatic rings. The first-order valence-electron chi connectivity index (χ1n) is 8.36. The zero-order chi connectivity index (χ0) is 15.2. The molecule has 1 aliphatic heterocycles. The molecule has 0 unspecified atom stereocenters. The molecule has 0 saturated carbocycles. The van der Waals surface area contributed by atoms with Gasteiger partial charge in [0.1, 0.15) is 5.60 Å². The summed E-state index contributed by atoms with van der Waals surface area (Å²) in [6.07, 6.45) is 9.55. The van der Waals surface area contributed by atoms with E-state index in [4.69, 9.17) is 4.74 Å². The molecule has 1 fully saturated rings. The smallest absolute Gasteiger partial charge is 0.410 e. The first-order valence-corrected chi connectivity index (χ1v) is 8.36. The molecule has 0 aliphatic carbocycles. The van der Waals surface area contributed by atoms with Crippen molar-refractivity contribution in [2.45, 2.75) is 104 Å². The van der Waals surface area contributed by atoms with Crippen LogP contribution in [0.15, 0.2) is 0 Å². The predicted molar refractivity (Wildman–Crippen MR) is 83.9 cm³/mol. The second-order valence-corrected chi connectivity index (χ2v) is 7.17. The molecule has 0 radical (unpaired) electrons. The van der Waals surface area contributed by atoms with Crippen molar-refractivity contribution in [1.82, 2.24) is 4.90 Å². The maximum atomic E-state index is 12.4. The van der Waals surface area contributed by atoms with Gasteiger partial charge in [0.25, 0.3) is 0 Å². The monoisotopic (exact) mass is 283 g/mol. The number of ether oxygens (including phenoxy) is 1. The Hall–Kier alpha value is -0.730. The molecule has 0 aromatic carbocycles. The van der Waals surface area contributed by atoms with Gasteiger partial charge in [0.2, 0.25) is 0 Å². The van der Waals surface area contributed by atoms with E-state index in [9.17, 15) is 4.79 Å². The van der Waals surface area contributed by atoms with Crippen LogP contribution in [-0.4, -0.2) is 28.7 Å². The topological polar surface area (TPSA) is 29.5 Å². The first-order chi connectivity index (χ1) is 9.35. The minimum Gasteiger partial charge on any atom is -0.444 e. The van der Waals surface area contributed by atoms with Crippen LogP contribution >= 0.6 is 0 Å². The highest BCUT2D eigenvalue weighted by Gasteiger charge is 2.34. The summed E-state index contributed by atoms with van der Waals surface area (Å²) in [5.41, 5.74) is -0.402. The van der Waals surface area contributed by atoms with Gasteiger partial charge in [-0.25, -0.2) is 4.79 Å². The third-order valence-corrected chi connectivity index (χ3v) is 4.02. The number of unbranched alkanes of at least 4 members (excludes halogenated alkanes) is 3. The van der Waals surface area contributed by atoms with Crippen LogP contribution in [0, 0.1) is 0 Å². The quantitative estimate of drug-likeness (QED) is 0.654. The number of hydrogen-bond donors (Lipinski definition) is 0. The van der Waals surface area contributed by atoms with E-state index in [1.807, 2.05) is 25.7 Å². The lowest BCUT2D eigenvalue weighted by molar-refractivity contribution is -0.00430. The Morgan fingerprint density at radius 1 is 1.20 bits per heavy atom. The van der Waals surface area contributed by atoms with E-state index < -0.39 is 5.60 Å². The van der Waals surface area contributed by atoms with Gasteiger partial charge < -0.3 is 9.64 Å². The fraction of sp³-hybridized carbons (Fsp3) is 0.941. The van der Waals surface area contributed by atoms with Gasteiger partial charge in [0.15, 0.2) is 0 Å². The van der Waals surface area contributed by atoms with Crippen molar-refractivity contribution >= 4 is 6.09 Å². The molecular weight excluding hydrogens is 250 g/mol. The van der Waals surface area contributed by atoms with Gasteiger partial charge in [-0.3, -0.25) is 0 Å². The summed E-state index contributed by atoms with van der Waals surface area (Å²) in [7, 11) is 0. The number of piperidine rings is 1. The number of rotatable bonds is 5. The van der Waals surface area contributed by atoms with Gasteiger partial charge in [-0.05, 0) is 53.4 Å². The second kappa shape index (κ2) is 7.90. The lowest BCUT2D eigenvalue weighted by atomic mass is 9.93. The molecule has 1 aliphatic rings. The number of likely N-dealkylation sites (tertiary alicyclic amines) is 1. The molecule has 1 heterocycles. The molecule has 2 atom stereocenters.